The molecule has 2 N–H and O–H groups in total. The average molecular weight is 303 g/mol. The van der Waals surface area contributed by atoms with Crippen LogP contribution in [0.5, 0.6) is 0 Å². The number of fused-ring (bicyclic) bond motifs is 1. The lowest BCUT2D eigenvalue weighted by Gasteiger charge is -2.33. The van der Waals surface area contributed by atoms with Gasteiger partial charge in [0.1, 0.15) is 0 Å². The van der Waals surface area contributed by atoms with Crippen LogP contribution < -0.4 is 5.32 Å². The molecule has 1 aromatic carbocycles. The summed E-state index contributed by atoms with van der Waals surface area (Å²) in [6, 6.07) is 4.87. The topological polar surface area (TPSA) is 75.6 Å². The van der Waals surface area contributed by atoms with Crippen molar-refractivity contribution in [2.45, 2.75) is 44.8 Å². The molecule has 1 saturated heterocycles. The molecule has 2 fully saturated rings. The minimum absolute atomic E-state index is 0.127. The normalized spacial score (nSPS) is 27.2. The van der Waals surface area contributed by atoms with Crippen molar-refractivity contribution >= 4 is 11.9 Å². The van der Waals surface area contributed by atoms with Crippen molar-refractivity contribution in [3.05, 3.63) is 34.9 Å². The summed E-state index contributed by atoms with van der Waals surface area (Å²) in [4.78, 5) is 23.6. The highest BCUT2D eigenvalue weighted by molar-refractivity contribution is 5.98. The number of carbonyl (C=O) groups is 2. The van der Waals surface area contributed by atoms with Gasteiger partial charge < -0.3 is 15.2 Å². The Kier molecular flexibility index (Phi) is 4.16. The van der Waals surface area contributed by atoms with Gasteiger partial charge in [-0.3, -0.25) is 4.79 Å². The van der Waals surface area contributed by atoms with Gasteiger partial charge in [-0.15, -0.1) is 0 Å². The number of ether oxygens (including phenoxy) is 1. The Morgan fingerprint density at radius 1 is 1.18 bits per heavy atom. The lowest BCUT2D eigenvalue weighted by Crippen LogP contribution is -2.45. The standard InChI is InChI=1S/C17H21NO4/c1-10-7-11(9-12(8-10)17(20)21)16(19)18-14-3-2-4-15-13(14)5-6-22-15/h7-9,13-15H,2-6H2,1H3,(H,18,19)(H,20,21). The highest BCUT2D eigenvalue weighted by Crippen LogP contribution is 2.34. The Morgan fingerprint density at radius 2 is 1.95 bits per heavy atom. The van der Waals surface area contributed by atoms with Crippen LogP contribution in [0.3, 0.4) is 0 Å². The molecule has 1 amide bonds. The Hall–Kier alpha value is -1.88. The fourth-order valence-corrected chi connectivity index (χ4v) is 3.64. The molecular weight excluding hydrogens is 282 g/mol. The number of benzene rings is 1. The van der Waals surface area contributed by atoms with E-state index in [4.69, 9.17) is 9.84 Å². The van der Waals surface area contributed by atoms with E-state index in [0.29, 0.717) is 11.5 Å². The second-order valence-corrected chi connectivity index (χ2v) is 6.27. The first kappa shape index (κ1) is 15.0. The highest BCUT2D eigenvalue weighted by Gasteiger charge is 2.38. The molecule has 1 aliphatic carbocycles. The Morgan fingerprint density at radius 3 is 2.73 bits per heavy atom. The third-order valence-corrected chi connectivity index (χ3v) is 4.68. The minimum atomic E-state index is -1.01. The molecule has 3 atom stereocenters. The summed E-state index contributed by atoms with van der Waals surface area (Å²) in [5.41, 5.74) is 1.34. The van der Waals surface area contributed by atoms with Gasteiger partial charge in [-0.1, -0.05) is 0 Å². The summed E-state index contributed by atoms with van der Waals surface area (Å²) in [6.07, 6.45) is 4.36. The van der Waals surface area contributed by atoms with Gasteiger partial charge in [-0.05, 0) is 56.4 Å². The maximum absolute atomic E-state index is 12.5. The quantitative estimate of drug-likeness (QED) is 0.899. The van der Waals surface area contributed by atoms with Crippen molar-refractivity contribution < 1.29 is 19.4 Å². The Bertz CT molecular complexity index is 598. The van der Waals surface area contributed by atoms with Gasteiger partial charge in [0.15, 0.2) is 0 Å². The zero-order chi connectivity index (χ0) is 15.7. The summed E-state index contributed by atoms with van der Waals surface area (Å²) < 4.78 is 5.72. The molecule has 0 spiro atoms. The summed E-state index contributed by atoms with van der Waals surface area (Å²) in [7, 11) is 0. The summed E-state index contributed by atoms with van der Waals surface area (Å²) >= 11 is 0. The van der Waals surface area contributed by atoms with E-state index in [1.165, 1.54) is 6.07 Å². The van der Waals surface area contributed by atoms with Gasteiger partial charge in [-0.25, -0.2) is 4.79 Å². The average Bonchev–Trinajstić information content (AvgIpc) is 2.96. The Labute approximate surface area is 129 Å². The smallest absolute Gasteiger partial charge is 0.335 e. The van der Waals surface area contributed by atoms with Crippen LogP contribution in [0, 0.1) is 12.8 Å². The van der Waals surface area contributed by atoms with Crippen molar-refractivity contribution in [3.63, 3.8) is 0 Å². The number of rotatable bonds is 3. The number of hydrogen-bond acceptors (Lipinski definition) is 3. The number of carbonyl (C=O) groups excluding carboxylic acids is 1. The number of amides is 1. The van der Waals surface area contributed by atoms with Gasteiger partial charge in [0.25, 0.3) is 5.91 Å². The molecule has 2 aliphatic rings. The van der Waals surface area contributed by atoms with Crippen molar-refractivity contribution in [1.29, 1.82) is 0 Å². The molecule has 0 aromatic heterocycles. The molecule has 5 heteroatoms. The predicted molar refractivity (Wildman–Crippen MR) is 81.1 cm³/mol. The maximum Gasteiger partial charge on any atom is 0.335 e. The van der Waals surface area contributed by atoms with Crippen LogP contribution in [0.25, 0.3) is 0 Å². The molecule has 1 aliphatic heterocycles. The van der Waals surface area contributed by atoms with Crippen LogP contribution in [0.4, 0.5) is 0 Å². The molecule has 118 valence electrons. The largest absolute Gasteiger partial charge is 0.478 e. The first-order valence-electron chi connectivity index (χ1n) is 7.82. The van der Waals surface area contributed by atoms with Crippen LogP contribution in [0.2, 0.25) is 0 Å². The van der Waals surface area contributed by atoms with E-state index < -0.39 is 5.97 Å². The molecule has 0 bridgehead atoms. The van der Waals surface area contributed by atoms with Crippen molar-refractivity contribution in [2.24, 2.45) is 5.92 Å². The van der Waals surface area contributed by atoms with E-state index in [0.717, 1.165) is 37.9 Å². The maximum atomic E-state index is 12.5. The molecular formula is C17H21NO4. The van der Waals surface area contributed by atoms with Gasteiger partial charge in [-0.2, -0.15) is 0 Å². The zero-order valence-corrected chi connectivity index (χ0v) is 12.7. The van der Waals surface area contributed by atoms with E-state index in [1.54, 1.807) is 19.1 Å². The Balaban J connectivity index is 1.75. The van der Waals surface area contributed by atoms with Crippen molar-refractivity contribution in [1.82, 2.24) is 5.32 Å². The molecule has 3 unspecified atom stereocenters. The summed E-state index contributed by atoms with van der Waals surface area (Å²) in [5, 5.41) is 12.2. The minimum Gasteiger partial charge on any atom is -0.478 e. The lowest BCUT2D eigenvalue weighted by atomic mass is 9.81. The highest BCUT2D eigenvalue weighted by atomic mass is 16.5. The van der Waals surface area contributed by atoms with E-state index in [-0.39, 0.29) is 23.6 Å². The van der Waals surface area contributed by atoms with E-state index >= 15 is 0 Å². The molecule has 1 aromatic rings. The molecule has 0 radical (unpaired) electrons. The SMILES string of the molecule is Cc1cc(C(=O)O)cc(C(=O)NC2CCCC3OCCC23)c1. The molecule has 5 nitrogen and oxygen atoms in total. The number of aryl methyl sites for hydroxylation is 1. The van der Waals surface area contributed by atoms with Crippen LogP contribution in [0.15, 0.2) is 18.2 Å². The third-order valence-electron chi connectivity index (χ3n) is 4.68. The van der Waals surface area contributed by atoms with E-state index in [1.807, 2.05) is 0 Å². The fourth-order valence-electron chi connectivity index (χ4n) is 3.64. The van der Waals surface area contributed by atoms with E-state index in [2.05, 4.69) is 5.32 Å². The van der Waals surface area contributed by atoms with Crippen LogP contribution in [0.1, 0.15) is 52.0 Å². The number of aromatic carboxylic acids is 1. The lowest BCUT2D eigenvalue weighted by molar-refractivity contribution is 0.0510. The predicted octanol–water partition coefficient (Wildman–Crippen LogP) is 2.38. The van der Waals surface area contributed by atoms with Crippen LogP contribution >= 0.6 is 0 Å². The summed E-state index contributed by atoms with van der Waals surface area (Å²) in [6.45, 7) is 2.57. The molecule has 22 heavy (non-hydrogen) atoms. The van der Waals surface area contributed by atoms with Gasteiger partial charge >= 0.3 is 5.97 Å². The number of nitrogens with one attached hydrogen (secondary N) is 1. The number of carboxylic acid groups (broad SMARTS) is 1. The van der Waals surface area contributed by atoms with Gasteiger partial charge in [0, 0.05) is 24.1 Å². The molecule has 1 saturated carbocycles. The number of hydrogen-bond donors (Lipinski definition) is 2. The van der Waals surface area contributed by atoms with E-state index in [9.17, 15) is 9.59 Å². The van der Waals surface area contributed by atoms with Crippen molar-refractivity contribution in [3.8, 4) is 0 Å². The summed E-state index contributed by atoms with van der Waals surface area (Å²) in [5.74, 6) is -0.815. The third kappa shape index (κ3) is 2.99. The first-order chi connectivity index (χ1) is 10.5. The monoisotopic (exact) mass is 303 g/mol. The van der Waals surface area contributed by atoms with Gasteiger partial charge in [0.05, 0.1) is 11.7 Å². The van der Waals surface area contributed by atoms with Crippen molar-refractivity contribution in [2.75, 3.05) is 6.61 Å². The van der Waals surface area contributed by atoms with Crippen LogP contribution in [-0.4, -0.2) is 35.7 Å². The second-order valence-electron chi connectivity index (χ2n) is 6.27. The first-order valence-corrected chi connectivity index (χ1v) is 7.82. The zero-order valence-electron chi connectivity index (χ0n) is 12.7. The van der Waals surface area contributed by atoms with Gasteiger partial charge in [0.2, 0.25) is 0 Å². The molecule has 1 heterocycles. The van der Waals surface area contributed by atoms with Crippen LogP contribution in [-0.2, 0) is 4.74 Å². The molecule has 3 rings (SSSR count). The fraction of sp³-hybridized carbons (Fsp3) is 0.529. The number of carboxylic acids is 1. The second kappa shape index (κ2) is 6.08.